The molecular weight excluding hydrogens is 232 g/mol. The Balaban J connectivity index is 1.99. The smallest absolute Gasteiger partial charge is 0.204 e. The number of anilines is 2. The van der Waals surface area contributed by atoms with Gasteiger partial charge in [0.1, 0.15) is 6.33 Å². The lowest BCUT2D eigenvalue weighted by Crippen LogP contribution is -2.23. The molecule has 0 spiro atoms. The lowest BCUT2D eigenvalue weighted by molar-refractivity contribution is 0.0699. The van der Waals surface area contributed by atoms with E-state index in [1.807, 2.05) is 7.05 Å². The third kappa shape index (κ3) is 3.01. The molecule has 0 amide bonds. The first kappa shape index (κ1) is 12.9. The predicted octanol–water partition coefficient (Wildman–Crippen LogP) is 1.37. The van der Waals surface area contributed by atoms with Crippen LogP contribution in [0.3, 0.4) is 0 Å². The maximum atomic E-state index is 5.35. The van der Waals surface area contributed by atoms with Crippen LogP contribution in [0.2, 0.25) is 0 Å². The van der Waals surface area contributed by atoms with Crippen LogP contribution in [0.5, 0.6) is 5.75 Å². The van der Waals surface area contributed by atoms with E-state index in [1.54, 1.807) is 7.11 Å². The van der Waals surface area contributed by atoms with E-state index in [1.165, 1.54) is 6.33 Å². The highest BCUT2D eigenvalue weighted by Crippen LogP contribution is 2.29. The van der Waals surface area contributed by atoms with Gasteiger partial charge in [0.15, 0.2) is 11.6 Å². The molecule has 2 heterocycles. The van der Waals surface area contributed by atoms with Crippen LogP contribution in [0.15, 0.2) is 6.33 Å². The van der Waals surface area contributed by atoms with Gasteiger partial charge in [-0.15, -0.1) is 0 Å². The molecule has 6 heteroatoms. The lowest BCUT2D eigenvalue weighted by atomic mass is 10.0. The lowest BCUT2D eigenvalue weighted by Gasteiger charge is -2.23. The summed E-state index contributed by atoms with van der Waals surface area (Å²) in [5, 5.41) is 6.33. The molecule has 1 fully saturated rings. The molecule has 2 rings (SSSR count). The molecule has 0 radical (unpaired) electrons. The van der Waals surface area contributed by atoms with Crippen LogP contribution in [0.25, 0.3) is 0 Å². The molecule has 100 valence electrons. The highest BCUT2D eigenvalue weighted by Gasteiger charge is 2.16. The van der Waals surface area contributed by atoms with Crippen LogP contribution in [0.1, 0.15) is 12.8 Å². The molecule has 0 saturated carbocycles. The Morgan fingerprint density at radius 2 is 2.06 bits per heavy atom. The zero-order valence-corrected chi connectivity index (χ0v) is 10.9. The molecule has 0 aliphatic carbocycles. The molecule has 0 aromatic carbocycles. The Kier molecular flexibility index (Phi) is 4.58. The van der Waals surface area contributed by atoms with Gasteiger partial charge in [0.25, 0.3) is 0 Å². The number of hydrogen-bond acceptors (Lipinski definition) is 6. The second-order valence-electron chi connectivity index (χ2n) is 4.29. The minimum atomic E-state index is 0.636. The summed E-state index contributed by atoms with van der Waals surface area (Å²) in [6.45, 7) is 2.60. The number of aromatic nitrogens is 2. The zero-order valence-electron chi connectivity index (χ0n) is 10.9. The molecule has 0 atom stereocenters. The van der Waals surface area contributed by atoms with Crippen LogP contribution >= 0.6 is 0 Å². The van der Waals surface area contributed by atoms with Gasteiger partial charge in [0.05, 0.1) is 7.11 Å². The largest absolute Gasteiger partial charge is 0.490 e. The van der Waals surface area contributed by atoms with Crippen molar-refractivity contribution >= 4 is 11.6 Å². The average Bonchev–Trinajstić information content (AvgIpc) is 2.45. The van der Waals surface area contributed by atoms with Crippen molar-refractivity contribution in [2.45, 2.75) is 12.8 Å². The molecule has 1 aromatic rings. The van der Waals surface area contributed by atoms with Gasteiger partial charge in [0.2, 0.25) is 5.75 Å². The van der Waals surface area contributed by atoms with Gasteiger partial charge < -0.3 is 20.1 Å². The topological polar surface area (TPSA) is 68.3 Å². The number of nitrogens with zero attached hydrogens (tertiary/aromatic N) is 2. The summed E-state index contributed by atoms with van der Waals surface area (Å²) in [7, 11) is 3.44. The third-order valence-electron chi connectivity index (χ3n) is 3.14. The van der Waals surface area contributed by atoms with Crippen molar-refractivity contribution in [2.24, 2.45) is 5.92 Å². The van der Waals surface area contributed by atoms with Gasteiger partial charge in [-0.25, -0.2) is 9.97 Å². The summed E-state index contributed by atoms with van der Waals surface area (Å²) >= 11 is 0. The van der Waals surface area contributed by atoms with E-state index < -0.39 is 0 Å². The normalized spacial score (nSPS) is 16.3. The van der Waals surface area contributed by atoms with Gasteiger partial charge in [0, 0.05) is 26.8 Å². The molecule has 18 heavy (non-hydrogen) atoms. The van der Waals surface area contributed by atoms with E-state index in [4.69, 9.17) is 9.47 Å². The molecule has 1 aliphatic heterocycles. The SMILES string of the molecule is CNc1ncnc(NCC2CCOCC2)c1OC. The summed E-state index contributed by atoms with van der Waals surface area (Å²) in [5.74, 6) is 2.73. The van der Waals surface area contributed by atoms with Gasteiger partial charge in [-0.2, -0.15) is 0 Å². The van der Waals surface area contributed by atoms with Gasteiger partial charge in [-0.3, -0.25) is 0 Å². The Morgan fingerprint density at radius 3 is 2.72 bits per heavy atom. The van der Waals surface area contributed by atoms with Crippen LogP contribution < -0.4 is 15.4 Å². The molecule has 0 unspecified atom stereocenters. The highest BCUT2D eigenvalue weighted by atomic mass is 16.5. The van der Waals surface area contributed by atoms with E-state index >= 15 is 0 Å². The van der Waals surface area contributed by atoms with E-state index in [0.717, 1.165) is 38.4 Å². The number of methoxy groups -OCH3 is 1. The number of rotatable bonds is 5. The van der Waals surface area contributed by atoms with Gasteiger partial charge >= 0.3 is 0 Å². The Bertz CT molecular complexity index is 380. The molecule has 2 N–H and O–H groups in total. The van der Waals surface area contributed by atoms with Crippen molar-refractivity contribution < 1.29 is 9.47 Å². The van der Waals surface area contributed by atoms with Crippen molar-refractivity contribution in [3.05, 3.63) is 6.33 Å². The Labute approximate surface area is 107 Å². The summed E-state index contributed by atoms with van der Waals surface area (Å²) in [5.41, 5.74) is 0. The second kappa shape index (κ2) is 6.39. The maximum Gasteiger partial charge on any atom is 0.204 e. The van der Waals surface area contributed by atoms with E-state index in [9.17, 15) is 0 Å². The first-order chi connectivity index (χ1) is 8.85. The minimum Gasteiger partial charge on any atom is -0.490 e. The first-order valence-electron chi connectivity index (χ1n) is 6.23. The zero-order chi connectivity index (χ0) is 12.8. The van der Waals surface area contributed by atoms with Crippen LogP contribution in [0, 0.1) is 5.92 Å². The van der Waals surface area contributed by atoms with Crippen molar-refractivity contribution in [1.82, 2.24) is 9.97 Å². The molecule has 1 aromatic heterocycles. The second-order valence-corrected chi connectivity index (χ2v) is 4.29. The van der Waals surface area contributed by atoms with E-state index in [-0.39, 0.29) is 0 Å². The monoisotopic (exact) mass is 252 g/mol. The molecule has 0 bridgehead atoms. The third-order valence-corrected chi connectivity index (χ3v) is 3.14. The van der Waals surface area contributed by atoms with Crippen LogP contribution in [-0.2, 0) is 4.74 Å². The molecule has 1 saturated heterocycles. The van der Waals surface area contributed by atoms with E-state index in [0.29, 0.717) is 17.5 Å². The summed E-state index contributed by atoms with van der Waals surface area (Å²) in [4.78, 5) is 8.34. The maximum absolute atomic E-state index is 5.35. The van der Waals surface area contributed by atoms with Crippen molar-refractivity contribution in [1.29, 1.82) is 0 Å². The fourth-order valence-electron chi connectivity index (χ4n) is 2.06. The minimum absolute atomic E-state index is 0.636. The van der Waals surface area contributed by atoms with Crippen LogP contribution in [-0.4, -0.2) is 43.9 Å². The summed E-state index contributed by atoms with van der Waals surface area (Å²) in [6, 6.07) is 0. The fraction of sp³-hybridized carbons (Fsp3) is 0.667. The quantitative estimate of drug-likeness (QED) is 0.825. The first-order valence-corrected chi connectivity index (χ1v) is 6.23. The average molecular weight is 252 g/mol. The van der Waals surface area contributed by atoms with Crippen molar-refractivity contribution in [3.63, 3.8) is 0 Å². The summed E-state index contributed by atoms with van der Waals surface area (Å²) < 4.78 is 10.7. The summed E-state index contributed by atoms with van der Waals surface area (Å²) in [6.07, 6.45) is 3.72. The predicted molar refractivity (Wildman–Crippen MR) is 70.2 cm³/mol. The standard InChI is InChI=1S/C12H20N4O2/c1-13-11-10(17-2)12(16-8-15-11)14-7-9-3-5-18-6-4-9/h8-9H,3-7H2,1-2H3,(H2,13,14,15,16). The van der Waals surface area contributed by atoms with Gasteiger partial charge in [-0.1, -0.05) is 0 Å². The molecule has 6 nitrogen and oxygen atoms in total. The van der Waals surface area contributed by atoms with Gasteiger partial charge in [-0.05, 0) is 18.8 Å². The Hall–Kier alpha value is -1.56. The molecule has 1 aliphatic rings. The van der Waals surface area contributed by atoms with E-state index in [2.05, 4.69) is 20.6 Å². The molecular formula is C12H20N4O2. The van der Waals surface area contributed by atoms with Crippen molar-refractivity contribution in [2.75, 3.05) is 44.5 Å². The Morgan fingerprint density at radius 1 is 1.33 bits per heavy atom. The fourth-order valence-corrected chi connectivity index (χ4v) is 2.06. The van der Waals surface area contributed by atoms with Crippen LogP contribution in [0.4, 0.5) is 11.6 Å². The number of hydrogen-bond donors (Lipinski definition) is 2. The number of nitrogens with one attached hydrogen (secondary N) is 2. The highest BCUT2D eigenvalue weighted by molar-refractivity contribution is 5.63. The van der Waals surface area contributed by atoms with Crippen molar-refractivity contribution in [3.8, 4) is 5.75 Å². The number of ether oxygens (including phenoxy) is 2.